The van der Waals surface area contributed by atoms with E-state index in [1.165, 1.54) is 0 Å². The van der Waals surface area contributed by atoms with Gasteiger partial charge in [0.1, 0.15) is 0 Å². The molecule has 0 aromatic carbocycles. The number of carbonyl (C=O) groups excluding carboxylic acids is 1. The van der Waals surface area contributed by atoms with E-state index in [0.717, 1.165) is 6.42 Å². The molecule has 0 fully saturated rings. The minimum Gasteiger partial charge on any atom is -0.481 e. The molecule has 0 rings (SSSR count). The van der Waals surface area contributed by atoms with Crippen LogP contribution in [0.3, 0.4) is 0 Å². The molecule has 0 spiro atoms. The highest BCUT2D eigenvalue weighted by molar-refractivity contribution is 5.78. The summed E-state index contributed by atoms with van der Waals surface area (Å²) in [6.45, 7) is 10.9. The predicted molar refractivity (Wildman–Crippen MR) is 76.0 cm³/mol. The van der Waals surface area contributed by atoms with Gasteiger partial charge in [-0.3, -0.25) is 9.59 Å². The molecule has 0 heterocycles. The molecule has 0 aliphatic heterocycles. The van der Waals surface area contributed by atoms with E-state index < -0.39 is 5.97 Å². The smallest absolute Gasteiger partial charge is 0.303 e. The van der Waals surface area contributed by atoms with Gasteiger partial charge in [-0.05, 0) is 45.6 Å². The fourth-order valence-electron chi connectivity index (χ4n) is 1.66. The Hall–Kier alpha value is -1.10. The van der Waals surface area contributed by atoms with Crippen LogP contribution >= 0.6 is 0 Å². The molecule has 0 aliphatic rings. The summed E-state index contributed by atoms with van der Waals surface area (Å²) >= 11 is 0. The Balaban J connectivity index is 3.79. The zero-order valence-electron chi connectivity index (χ0n) is 12.8. The third-order valence-corrected chi connectivity index (χ3v) is 2.79. The van der Waals surface area contributed by atoms with Gasteiger partial charge in [0.05, 0.1) is 6.54 Å². The van der Waals surface area contributed by atoms with Gasteiger partial charge in [0, 0.05) is 12.0 Å². The maximum atomic E-state index is 11.5. The van der Waals surface area contributed by atoms with E-state index >= 15 is 0 Å². The molecular weight excluding hydrogens is 244 g/mol. The number of amides is 1. The molecule has 0 unspecified atom stereocenters. The largest absolute Gasteiger partial charge is 0.481 e. The van der Waals surface area contributed by atoms with E-state index in [1.54, 1.807) is 0 Å². The summed E-state index contributed by atoms with van der Waals surface area (Å²) < 4.78 is 0. The van der Waals surface area contributed by atoms with Crippen molar-refractivity contribution in [3.05, 3.63) is 0 Å². The second-order valence-electron chi connectivity index (χ2n) is 6.78. The zero-order chi connectivity index (χ0) is 15.1. The van der Waals surface area contributed by atoms with E-state index in [9.17, 15) is 9.59 Å². The van der Waals surface area contributed by atoms with E-state index in [1.807, 2.05) is 34.6 Å². The predicted octanol–water partition coefficient (Wildman–Crippen LogP) is 1.77. The molecule has 5 nitrogen and oxygen atoms in total. The highest BCUT2D eigenvalue weighted by Crippen LogP contribution is 2.25. The van der Waals surface area contributed by atoms with Crippen LogP contribution in [0.2, 0.25) is 0 Å². The molecule has 0 saturated heterocycles. The van der Waals surface area contributed by atoms with Gasteiger partial charge in [0.25, 0.3) is 0 Å². The molecule has 112 valence electrons. The molecule has 0 radical (unpaired) electrons. The molecule has 0 aromatic heterocycles. The summed E-state index contributed by atoms with van der Waals surface area (Å²) in [6, 6.07) is 0. The SMILES string of the molecule is CC(C)(CCNCC(=O)NC(C)(C)C)CCC(=O)O. The maximum absolute atomic E-state index is 11.5. The number of carboxylic acids is 1. The third kappa shape index (κ3) is 11.7. The lowest BCUT2D eigenvalue weighted by Crippen LogP contribution is -2.45. The number of nitrogens with one attached hydrogen (secondary N) is 2. The lowest BCUT2D eigenvalue weighted by molar-refractivity contribution is -0.137. The van der Waals surface area contributed by atoms with Gasteiger partial charge in [0.15, 0.2) is 0 Å². The van der Waals surface area contributed by atoms with Crippen molar-refractivity contribution in [2.24, 2.45) is 5.41 Å². The van der Waals surface area contributed by atoms with Crippen LogP contribution in [0.15, 0.2) is 0 Å². The maximum Gasteiger partial charge on any atom is 0.303 e. The molecule has 0 saturated carbocycles. The van der Waals surface area contributed by atoms with Crippen LogP contribution in [-0.4, -0.2) is 35.6 Å². The third-order valence-electron chi connectivity index (χ3n) is 2.79. The first-order valence-corrected chi connectivity index (χ1v) is 6.75. The van der Waals surface area contributed by atoms with Gasteiger partial charge in [-0.25, -0.2) is 0 Å². The lowest BCUT2D eigenvalue weighted by atomic mass is 9.84. The molecule has 0 bridgehead atoms. The number of carboxylic acid groups (broad SMARTS) is 1. The van der Waals surface area contributed by atoms with Gasteiger partial charge in [0.2, 0.25) is 5.91 Å². The zero-order valence-corrected chi connectivity index (χ0v) is 12.8. The monoisotopic (exact) mass is 272 g/mol. The topological polar surface area (TPSA) is 78.4 Å². The number of rotatable bonds is 8. The van der Waals surface area contributed by atoms with Gasteiger partial charge in [-0.15, -0.1) is 0 Å². The van der Waals surface area contributed by atoms with Crippen LogP contribution in [0.1, 0.15) is 53.9 Å². The first-order chi connectivity index (χ1) is 8.52. The highest BCUT2D eigenvalue weighted by Gasteiger charge is 2.19. The van der Waals surface area contributed by atoms with Gasteiger partial charge < -0.3 is 15.7 Å². The first kappa shape index (κ1) is 17.9. The second kappa shape index (κ2) is 7.48. The van der Waals surface area contributed by atoms with Crippen molar-refractivity contribution in [3.8, 4) is 0 Å². The first-order valence-electron chi connectivity index (χ1n) is 6.75. The summed E-state index contributed by atoms with van der Waals surface area (Å²) in [6.07, 6.45) is 1.69. The number of hydrogen-bond donors (Lipinski definition) is 3. The Labute approximate surface area is 116 Å². The van der Waals surface area contributed by atoms with Gasteiger partial charge in [-0.2, -0.15) is 0 Å². The average Bonchev–Trinajstić information content (AvgIpc) is 2.19. The minimum absolute atomic E-state index is 0.0177. The second-order valence-corrected chi connectivity index (χ2v) is 6.78. The van der Waals surface area contributed by atoms with Crippen molar-refractivity contribution in [1.29, 1.82) is 0 Å². The molecule has 3 N–H and O–H groups in total. The number of carbonyl (C=O) groups is 2. The minimum atomic E-state index is -0.759. The van der Waals surface area contributed by atoms with Crippen LogP contribution in [0.4, 0.5) is 0 Å². The summed E-state index contributed by atoms with van der Waals surface area (Å²) in [5, 5.41) is 14.6. The van der Waals surface area contributed by atoms with E-state index in [-0.39, 0.29) is 23.3 Å². The van der Waals surface area contributed by atoms with Gasteiger partial charge >= 0.3 is 5.97 Å². The van der Waals surface area contributed by atoms with Crippen LogP contribution in [-0.2, 0) is 9.59 Å². The Morgan fingerprint density at radius 2 is 1.63 bits per heavy atom. The van der Waals surface area contributed by atoms with Crippen molar-refractivity contribution in [2.75, 3.05) is 13.1 Å². The molecular formula is C14H28N2O3. The highest BCUT2D eigenvalue weighted by atomic mass is 16.4. The van der Waals surface area contributed by atoms with Crippen molar-refractivity contribution in [2.45, 2.75) is 59.4 Å². The Morgan fingerprint density at radius 3 is 2.11 bits per heavy atom. The van der Waals surface area contributed by atoms with Gasteiger partial charge in [-0.1, -0.05) is 13.8 Å². The van der Waals surface area contributed by atoms with Crippen molar-refractivity contribution < 1.29 is 14.7 Å². The van der Waals surface area contributed by atoms with Crippen LogP contribution < -0.4 is 10.6 Å². The Morgan fingerprint density at radius 1 is 1.05 bits per heavy atom. The molecule has 0 atom stereocenters. The Kier molecular flexibility index (Phi) is 7.05. The van der Waals surface area contributed by atoms with E-state index in [2.05, 4.69) is 10.6 Å². The molecule has 1 amide bonds. The summed E-state index contributed by atoms with van der Waals surface area (Å²) in [7, 11) is 0. The average molecular weight is 272 g/mol. The van der Waals surface area contributed by atoms with Crippen LogP contribution in [0.5, 0.6) is 0 Å². The van der Waals surface area contributed by atoms with E-state index in [0.29, 0.717) is 19.5 Å². The number of hydrogen-bond acceptors (Lipinski definition) is 3. The molecule has 19 heavy (non-hydrogen) atoms. The number of aliphatic carboxylic acids is 1. The van der Waals surface area contributed by atoms with Crippen molar-refractivity contribution in [1.82, 2.24) is 10.6 Å². The normalized spacial score (nSPS) is 12.3. The summed E-state index contributed by atoms with van der Waals surface area (Å²) in [5.41, 5.74) is -0.231. The molecule has 0 aliphatic carbocycles. The van der Waals surface area contributed by atoms with Crippen molar-refractivity contribution >= 4 is 11.9 Å². The summed E-state index contributed by atoms with van der Waals surface area (Å²) in [5.74, 6) is -0.776. The fourth-order valence-corrected chi connectivity index (χ4v) is 1.66. The Bertz CT molecular complexity index is 306. The molecule has 0 aromatic rings. The molecule has 5 heteroatoms. The van der Waals surface area contributed by atoms with E-state index in [4.69, 9.17) is 5.11 Å². The van der Waals surface area contributed by atoms with Crippen LogP contribution in [0, 0.1) is 5.41 Å². The summed E-state index contributed by atoms with van der Waals surface area (Å²) in [4.78, 5) is 22.1. The lowest BCUT2D eigenvalue weighted by Gasteiger charge is -2.24. The standard InChI is InChI=1S/C14H28N2O3/c1-13(2,3)16-11(17)10-15-9-8-14(4,5)7-6-12(18)19/h15H,6-10H2,1-5H3,(H,16,17)(H,18,19). The fraction of sp³-hybridized carbons (Fsp3) is 0.857. The van der Waals surface area contributed by atoms with Crippen molar-refractivity contribution in [3.63, 3.8) is 0 Å². The quantitative estimate of drug-likeness (QED) is 0.588. The van der Waals surface area contributed by atoms with Crippen LogP contribution in [0.25, 0.3) is 0 Å².